The number of halogens is 6. The molecular formula is C8H2Cl6O3. The molecule has 3 aliphatic rings. The van der Waals surface area contributed by atoms with Gasteiger partial charge in [0.1, 0.15) is 0 Å². The summed E-state index contributed by atoms with van der Waals surface area (Å²) in [5.41, 5.74) is 0. The average molecular weight is 359 g/mol. The van der Waals surface area contributed by atoms with Crippen molar-refractivity contribution in [3.05, 3.63) is 10.1 Å². The van der Waals surface area contributed by atoms with Crippen LogP contribution in [-0.4, -0.2) is 32.4 Å². The molecule has 2 bridgehead atoms. The van der Waals surface area contributed by atoms with Crippen LogP contribution < -0.4 is 0 Å². The first-order valence-electron chi connectivity index (χ1n) is 4.38. The van der Waals surface area contributed by atoms with Gasteiger partial charge in [-0.3, -0.25) is 0 Å². The zero-order valence-electron chi connectivity index (χ0n) is 7.65. The molecule has 4 atom stereocenters. The van der Waals surface area contributed by atoms with Gasteiger partial charge in [0, 0.05) is 0 Å². The van der Waals surface area contributed by atoms with E-state index in [1.165, 1.54) is 0 Å². The highest BCUT2D eigenvalue weighted by molar-refractivity contribution is 6.66. The van der Waals surface area contributed by atoms with Gasteiger partial charge in [0.15, 0.2) is 26.3 Å². The van der Waals surface area contributed by atoms with Gasteiger partial charge in [-0.25, -0.2) is 4.79 Å². The molecule has 17 heavy (non-hydrogen) atoms. The molecule has 1 saturated carbocycles. The molecule has 0 radical (unpaired) electrons. The van der Waals surface area contributed by atoms with Crippen LogP contribution in [0, 0.1) is 0 Å². The molecule has 0 spiro atoms. The number of carbonyl (C=O) groups excluding carboxylic acids is 1. The number of carbonyl (C=O) groups is 1. The van der Waals surface area contributed by atoms with E-state index in [4.69, 9.17) is 79.1 Å². The van der Waals surface area contributed by atoms with Crippen molar-refractivity contribution in [3.8, 4) is 0 Å². The maximum Gasteiger partial charge on any atom is 0.509 e. The zero-order valence-corrected chi connectivity index (χ0v) is 12.2. The van der Waals surface area contributed by atoms with Gasteiger partial charge in [0.25, 0.3) is 0 Å². The van der Waals surface area contributed by atoms with E-state index in [-0.39, 0.29) is 10.1 Å². The lowest BCUT2D eigenvalue weighted by atomic mass is 10.0. The molecule has 2 fully saturated rings. The van der Waals surface area contributed by atoms with Gasteiger partial charge in [-0.15, -0.1) is 23.2 Å². The first-order chi connectivity index (χ1) is 7.69. The van der Waals surface area contributed by atoms with Crippen LogP contribution >= 0.6 is 69.6 Å². The van der Waals surface area contributed by atoms with Crippen molar-refractivity contribution >= 4 is 75.8 Å². The summed E-state index contributed by atoms with van der Waals surface area (Å²) in [6.45, 7) is 0. The number of fused-ring (bicyclic) bond motifs is 5. The number of ether oxygens (including phenoxy) is 2. The summed E-state index contributed by atoms with van der Waals surface area (Å²) in [4.78, 5) is 7.92. The third-order valence-corrected chi connectivity index (χ3v) is 7.47. The highest BCUT2D eigenvalue weighted by Crippen LogP contribution is 2.74. The van der Waals surface area contributed by atoms with E-state index in [1.807, 2.05) is 0 Å². The number of hydrogen-bond donors (Lipinski definition) is 0. The van der Waals surface area contributed by atoms with E-state index in [0.29, 0.717) is 0 Å². The topological polar surface area (TPSA) is 35.5 Å². The Hall–Kier alpha value is 0.750. The quantitative estimate of drug-likeness (QED) is 0.489. The molecule has 1 heterocycles. The molecule has 0 aromatic carbocycles. The highest BCUT2D eigenvalue weighted by Gasteiger charge is 2.87. The van der Waals surface area contributed by atoms with E-state index in [0.717, 1.165) is 0 Å². The second kappa shape index (κ2) is 3.25. The summed E-state index contributed by atoms with van der Waals surface area (Å²) in [5, 5.41) is -0.0548. The molecule has 4 unspecified atom stereocenters. The molecule has 0 aromatic rings. The molecule has 0 N–H and O–H groups in total. The highest BCUT2D eigenvalue weighted by atomic mass is 35.5. The Bertz CT molecular complexity index is 438. The van der Waals surface area contributed by atoms with Crippen LogP contribution in [-0.2, 0) is 9.47 Å². The van der Waals surface area contributed by atoms with Crippen molar-refractivity contribution in [1.29, 1.82) is 0 Å². The predicted molar refractivity (Wildman–Crippen MR) is 65.5 cm³/mol. The average Bonchev–Trinajstić information content (AvgIpc) is 2.72. The SMILES string of the molecule is O=C1OC2C(O1)C1(Cl)C(Cl)=C(Cl)C2(Cl)C1(Cl)Cl. The molecule has 3 rings (SSSR count). The third kappa shape index (κ3) is 1.06. The van der Waals surface area contributed by atoms with Gasteiger partial charge in [-0.05, 0) is 0 Å². The van der Waals surface area contributed by atoms with Gasteiger partial charge >= 0.3 is 6.16 Å². The fourth-order valence-electron chi connectivity index (χ4n) is 2.41. The van der Waals surface area contributed by atoms with Crippen molar-refractivity contribution in [2.24, 2.45) is 0 Å². The number of hydrogen-bond acceptors (Lipinski definition) is 3. The van der Waals surface area contributed by atoms with E-state index in [2.05, 4.69) is 0 Å². The Balaban J connectivity index is 2.28. The maximum absolute atomic E-state index is 11.1. The van der Waals surface area contributed by atoms with Gasteiger partial charge in [0.05, 0.1) is 10.1 Å². The van der Waals surface area contributed by atoms with Gasteiger partial charge in [0.2, 0.25) is 0 Å². The van der Waals surface area contributed by atoms with Crippen molar-refractivity contribution in [1.82, 2.24) is 0 Å². The van der Waals surface area contributed by atoms with Gasteiger partial charge in [-0.2, -0.15) is 0 Å². The molecule has 1 aliphatic heterocycles. The summed E-state index contributed by atoms with van der Waals surface area (Å²) < 4.78 is 8.09. The first-order valence-corrected chi connectivity index (χ1v) is 6.65. The molecule has 1 saturated heterocycles. The summed E-state index contributed by atoms with van der Waals surface area (Å²) in [6.07, 6.45) is -2.85. The Morgan fingerprint density at radius 2 is 1.24 bits per heavy atom. The maximum atomic E-state index is 11.1. The van der Waals surface area contributed by atoms with Crippen molar-refractivity contribution in [2.75, 3.05) is 0 Å². The van der Waals surface area contributed by atoms with Gasteiger partial charge in [-0.1, -0.05) is 46.4 Å². The first kappa shape index (κ1) is 12.8. The third-order valence-electron chi connectivity index (χ3n) is 3.25. The minimum atomic E-state index is -1.74. The van der Waals surface area contributed by atoms with E-state index < -0.39 is 32.4 Å². The van der Waals surface area contributed by atoms with Crippen LogP contribution in [0.4, 0.5) is 4.79 Å². The smallest absolute Gasteiger partial charge is 0.424 e. The van der Waals surface area contributed by atoms with Crippen molar-refractivity contribution in [3.63, 3.8) is 0 Å². The van der Waals surface area contributed by atoms with E-state index >= 15 is 0 Å². The fraction of sp³-hybridized carbons (Fsp3) is 0.625. The lowest BCUT2D eigenvalue weighted by Gasteiger charge is -2.32. The zero-order chi connectivity index (χ0) is 12.8. The van der Waals surface area contributed by atoms with Crippen LogP contribution in [0.3, 0.4) is 0 Å². The largest absolute Gasteiger partial charge is 0.509 e. The summed E-state index contributed by atoms with van der Waals surface area (Å²) in [7, 11) is 0. The lowest BCUT2D eigenvalue weighted by Crippen LogP contribution is -2.47. The van der Waals surface area contributed by atoms with Gasteiger partial charge < -0.3 is 9.47 Å². The Morgan fingerprint density at radius 3 is 1.59 bits per heavy atom. The Labute approximate surface area is 126 Å². The number of alkyl halides is 4. The van der Waals surface area contributed by atoms with Crippen molar-refractivity contribution < 1.29 is 14.3 Å². The van der Waals surface area contributed by atoms with Crippen LogP contribution in [0.1, 0.15) is 0 Å². The number of rotatable bonds is 0. The summed E-state index contributed by atoms with van der Waals surface area (Å²) in [6, 6.07) is 0. The van der Waals surface area contributed by atoms with E-state index in [1.54, 1.807) is 0 Å². The lowest BCUT2D eigenvalue weighted by molar-refractivity contribution is 0.104. The monoisotopic (exact) mass is 356 g/mol. The molecule has 0 aromatic heterocycles. The molecule has 9 heteroatoms. The Morgan fingerprint density at radius 1 is 0.882 bits per heavy atom. The fourth-order valence-corrected chi connectivity index (χ4v) is 5.15. The van der Waals surface area contributed by atoms with Crippen LogP contribution in [0.5, 0.6) is 0 Å². The second-order valence-corrected chi connectivity index (χ2v) is 7.23. The molecule has 2 aliphatic carbocycles. The normalized spacial score (nSPS) is 50.4. The summed E-state index contributed by atoms with van der Waals surface area (Å²) >= 11 is 37.0. The molecule has 0 amide bonds. The second-order valence-electron chi connectivity index (χ2n) is 3.95. The Kier molecular flexibility index (Phi) is 2.44. The summed E-state index contributed by atoms with van der Waals surface area (Å²) in [5.74, 6) is 0. The molecule has 3 nitrogen and oxygen atoms in total. The van der Waals surface area contributed by atoms with Crippen molar-refractivity contribution in [2.45, 2.75) is 26.3 Å². The van der Waals surface area contributed by atoms with Crippen LogP contribution in [0.2, 0.25) is 0 Å². The van der Waals surface area contributed by atoms with E-state index in [9.17, 15) is 4.79 Å². The van der Waals surface area contributed by atoms with Crippen LogP contribution in [0.25, 0.3) is 0 Å². The van der Waals surface area contributed by atoms with Crippen LogP contribution in [0.15, 0.2) is 10.1 Å². The predicted octanol–water partition coefficient (Wildman–Crippen LogP) is 3.74. The standard InChI is InChI=1S/C8H2Cl6O3/c9-1-2(10)7(12)4-3(16-5(15)17-4)6(1,11)8(7,13)14/h3-4H. The minimum absolute atomic E-state index is 0.0274. The molecule has 94 valence electrons. The minimum Gasteiger partial charge on any atom is -0.424 e. The molecular weight excluding hydrogens is 357 g/mol.